The van der Waals surface area contributed by atoms with Gasteiger partial charge in [-0.15, -0.1) is 0 Å². The molecule has 1 fully saturated rings. The molecule has 0 saturated heterocycles. The van der Waals surface area contributed by atoms with Crippen molar-refractivity contribution in [1.29, 1.82) is 0 Å². The van der Waals surface area contributed by atoms with Crippen LogP contribution in [0.2, 0.25) is 5.02 Å². The van der Waals surface area contributed by atoms with Crippen molar-refractivity contribution >= 4 is 23.5 Å². The summed E-state index contributed by atoms with van der Waals surface area (Å²) in [6, 6.07) is 7.64. The number of carboxylic acid groups (broad SMARTS) is 1. The van der Waals surface area contributed by atoms with E-state index in [1.54, 1.807) is 0 Å². The third kappa shape index (κ3) is 4.71. The molecule has 1 aliphatic rings. The van der Waals surface area contributed by atoms with E-state index in [4.69, 9.17) is 16.7 Å². The molecule has 0 heterocycles. The Morgan fingerprint density at radius 3 is 2.65 bits per heavy atom. The molecule has 0 aromatic heterocycles. The van der Waals surface area contributed by atoms with Crippen LogP contribution in [-0.4, -0.2) is 23.5 Å². The largest absolute Gasteiger partial charge is 0.481 e. The molecule has 1 amide bonds. The van der Waals surface area contributed by atoms with Crippen molar-refractivity contribution < 1.29 is 14.7 Å². The van der Waals surface area contributed by atoms with Gasteiger partial charge in [-0.2, -0.15) is 0 Å². The van der Waals surface area contributed by atoms with Crippen LogP contribution in [0, 0.1) is 11.8 Å². The lowest BCUT2D eigenvalue weighted by Gasteiger charge is -2.29. The number of hydrogen-bond acceptors (Lipinski definition) is 2. The van der Waals surface area contributed by atoms with Crippen LogP contribution >= 0.6 is 11.6 Å². The second-order valence-electron chi connectivity index (χ2n) is 7.01. The Kier molecular flexibility index (Phi) is 5.69. The molecule has 1 aromatic rings. The van der Waals surface area contributed by atoms with E-state index in [9.17, 15) is 9.59 Å². The minimum atomic E-state index is -0.790. The highest BCUT2D eigenvalue weighted by atomic mass is 35.5. The van der Waals surface area contributed by atoms with Crippen molar-refractivity contribution in [2.75, 3.05) is 6.54 Å². The first-order valence-corrected chi connectivity index (χ1v) is 8.44. The molecule has 5 heteroatoms. The van der Waals surface area contributed by atoms with Gasteiger partial charge in [0.15, 0.2) is 0 Å². The lowest BCUT2D eigenvalue weighted by Crippen LogP contribution is -2.41. The van der Waals surface area contributed by atoms with Crippen LogP contribution in [0.5, 0.6) is 0 Å². The van der Waals surface area contributed by atoms with E-state index in [2.05, 4.69) is 19.2 Å². The number of nitrogens with one attached hydrogen (secondary N) is 1. The summed E-state index contributed by atoms with van der Waals surface area (Å²) in [6.07, 6.45) is 2.69. The molecule has 23 heavy (non-hydrogen) atoms. The van der Waals surface area contributed by atoms with E-state index in [-0.39, 0.29) is 23.2 Å². The van der Waals surface area contributed by atoms with Crippen LogP contribution in [-0.2, 0) is 15.0 Å². The second kappa shape index (κ2) is 7.35. The number of aliphatic carboxylic acids is 1. The Hall–Kier alpha value is -1.55. The Bertz CT molecular complexity index is 585. The molecule has 2 N–H and O–H groups in total. The van der Waals surface area contributed by atoms with Crippen LogP contribution in [0.25, 0.3) is 0 Å². The molecule has 2 unspecified atom stereocenters. The summed E-state index contributed by atoms with van der Waals surface area (Å²) in [4.78, 5) is 23.5. The maximum atomic E-state index is 12.4. The van der Waals surface area contributed by atoms with Crippen LogP contribution in [0.1, 0.15) is 45.1 Å². The van der Waals surface area contributed by atoms with Crippen molar-refractivity contribution in [3.8, 4) is 0 Å². The highest BCUT2D eigenvalue weighted by Crippen LogP contribution is 2.30. The van der Waals surface area contributed by atoms with E-state index < -0.39 is 5.97 Å². The topological polar surface area (TPSA) is 66.4 Å². The number of amides is 1. The molecule has 0 bridgehead atoms. The van der Waals surface area contributed by atoms with Gasteiger partial charge in [0.2, 0.25) is 5.91 Å². The Balaban J connectivity index is 1.94. The summed E-state index contributed by atoms with van der Waals surface area (Å²) in [5.41, 5.74) is 0.832. The zero-order chi connectivity index (χ0) is 17.0. The number of halogens is 1. The number of hydrogen-bond donors (Lipinski definition) is 2. The molecular weight excluding hydrogens is 314 g/mol. The number of carboxylic acids is 1. The average molecular weight is 338 g/mol. The smallest absolute Gasteiger partial charge is 0.306 e. The molecule has 126 valence electrons. The first-order valence-electron chi connectivity index (χ1n) is 8.06. The molecule has 1 saturated carbocycles. The third-order valence-electron chi connectivity index (χ3n) is 4.70. The molecule has 1 aliphatic carbocycles. The Labute approximate surface area is 142 Å². The molecule has 1 aromatic carbocycles. The first kappa shape index (κ1) is 17.8. The minimum Gasteiger partial charge on any atom is -0.481 e. The zero-order valence-electron chi connectivity index (χ0n) is 13.6. The standard InChI is InChI=1S/C18H24ClNO3/c1-18(2,14-7-4-8-15(19)10-14)11-20-16(21)12-5-3-6-13(9-12)17(22)23/h4,7-8,10,12-13H,3,5-6,9,11H2,1-2H3,(H,20,21)(H,22,23). The molecule has 0 radical (unpaired) electrons. The summed E-state index contributed by atoms with van der Waals surface area (Å²) in [5.74, 6) is -1.41. The number of benzene rings is 1. The van der Waals surface area contributed by atoms with E-state index >= 15 is 0 Å². The number of carbonyl (C=O) groups excluding carboxylic acids is 1. The van der Waals surface area contributed by atoms with E-state index in [0.717, 1.165) is 18.4 Å². The lowest BCUT2D eigenvalue weighted by atomic mass is 9.80. The SMILES string of the molecule is CC(C)(CNC(=O)C1CCCC(C(=O)O)C1)c1cccc(Cl)c1. The summed E-state index contributed by atoms with van der Waals surface area (Å²) in [6.45, 7) is 4.61. The van der Waals surface area contributed by atoms with Gasteiger partial charge in [-0.25, -0.2) is 0 Å². The molecule has 2 atom stereocenters. The Morgan fingerprint density at radius 1 is 1.30 bits per heavy atom. The van der Waals surface area contributed by atoms with Gasteiger partial charge in [0.25, 0.3) is 0 Å². The summed E-state index contributed by atoms with van der Waals surface area (Å²) < 4.78 is 0. The summed E-state index contributed by atoms with van der Waals surface area (Å²) in [5, 5.41) is 12.8. The van der Waals surface area contributed by atoms with Gasteiger partial charge in [-0.05, 0) is 37.0 Å². The Morgan fingerprint density at radius 2 is 2.00 bits per heavy atom. The van der Waals surface area contributed by atoms with E-state index in [1.165, 1.54) is 0 Å². The maximum Gasteiger partial charge on any atom is 0.306 e. The van der Waals surface area contributed by atoms with Gasteiger partial charge in [0, 0.05) is 22.9 Å². The summed E-state index contributed by atoms with van der Waals surface area (Å²) in [7, 11) is 0. The van der Waals surface area contributed by atoms with Gasteiger partial charge < -0.3 is 10.4 Å². The van der Waals surface area contributed by atoms with Crippen molar-refractivity contribution in [2.45, 2.75) is 44.9 Å². The fourth-order valence-corrected chi connectivity index (χ4v) is 3.31. The third-order valence-corrected chi connectivity index (χ3v) is 4.94. The van der Waals surface area contributed by atoms with Crippen molar-refractivity contribution in [1.82, 2.24) is 5.32 Å². The van der Waals surface area contributed by atoms with E-state index in [0.29, 0.717) is 24.4 Å². The van der Waals surface area contributed by atoms with Gasteiger partial charge >= 0.3 is 5.97 Å². The number of carbonyl (C=O) groups is 2. The van der Waals surface area contributed by atoms with Gasteiger partial charge in [0.1, 0.15) is 0 Å². The fourth-order valence-electron chi connectivity index (χ4n) is 3.12. The van der Waals surface area contributed by atoms with Crippen LogP contribution in [0.15, 0.2) is 24.3 Å². The van der Waals surface area contributed by atoms with Crippen molar-refractivity contribution in [3.05, 3.63) is 34.9 Å². The number of rotatable bonds is 5. The lowest BCUT2D eigenvalue weighted by molar-refractivity contribution is -0.144. The van der Waals surface area contributed by atoms with Gasteiger partial charge in [-0.3, -0.25) is 9.59 Å². The predicted molar refractivity (Wildman–Crippen MR) is 90.6 cm³/mol. The average Bonchev–Trinajstić information content (AvgIpc) is 2.53. The zero-order valence-corrected chi connectivity index (χ0v) is 14.4. The highest BCUT2D eigenvalue weighted by molar-refractivity contribution is 6.30. The first-order chi connectivity index (χ1) is 10.8. The predicted octanol–water partition coefficient (Wildman–Crippen LogP) is 3.62. The molecule has 4 nitrogen and oxygen atoms in total. The van der Waals surface area contributed by atoms with E-state index in [1.807, 2.05) is 24.3 Å². The molecule has 0 aliphatic heterocycles. The summed E-state index contributed by atoms with van der Waals surface area (Å²) >= 11 is 6.04. The molecular formula is C18H24ClNO3. The quantitative estimate of drug-likeness (QED) is 0.862. The molecule has 0 spiro atoms. The highest BCUT2D eigenvalue weighted by Gasteiger charge is 2.32. The van der Waals surface area contributed by atoms with Crippen LogP contribution in [0.4, 0.5) is 0 Å². The van der Waals surface area contributed by atoms with Gasteiger partial charge in [0.05, 0.1) is 5.92 Å². The second-order valence-corrected chi connectivity index (χ2v) is 7.45. The monoisotopic (exact) mass is 337 g/mol. The van der Waals surface area contributed by atoms with Crippen LogP contribution in [0.3, 0.4) is 0 Å². The van der Waals surface area contributed by atoms with Crippen LogP contribution < -0.4 is 5.32 Å². The fraction of sp³-hybridized carbons (Fsp3) is 0.556. The molecule has 2 rings (SSSR count). The normalized spacial score (nSPS) is 21.7. The minimum absolute atomic E-state index is 0.0361. The van der Waals surface area contributed by atoms with Gasteiger partial charge in [-0.1, -0.05) is 44.0 Å². The van der Waals surface area contributed by atoms with Crippen molar-refractivity contribution in [2.24, 2.45) is 11.8 Å². The maximum absolute atomic E-state index is 12.4. The van der Waals surface area contributed by atoms with Crippen molar-refractivity contribution in [3.63, 3.8) is 0 Å².